The highest BCUT2D eigenvalue weighted by atomic mass is 35.5. The van der Waals surface area contributed by atoms with Crippen LogP contribution in [-0.4, -0.2) is 15.7 Å². The summed E-state index contributed by atoms with van der Waals surface area (Å²) in [4.78, 5) is 27.0. The molecule has 31 heavy (non-hydrogen) atoms. The standard InChI is InChI=1S/C23H14ClN3O4/c1-13-22(17-4-2-3-5-19(17)26-13)23(28)14(12-25)10-16-7-9-21(31-16)18-8-6-15(24)11-20(18)27(29)30/h2-11,26H,1H3/b14-10+. The molecule has 2 aromatic carbocycles. The lowest BCUT2D eigenvalue weighted by molar-refractivity contribution is -0.384. The fourth-order valence-corrected chi connectivity index (χ4v) is 3.60. The van der Waals surface area contributed by atoms with Gasteiger partial charge in [-0.2, -0.15) is 5.26 Å². The zero-order chi connectivity index (χ0) is 22.1. The van der Waals surface area contributed by atoms with Crippen molar-refractivity contribution >= 4 is 40.1 Å². The van der Waals surface area contributed by atoms with E-state index >= 15 is 0 Å². The molecule has 0 fully saturated rings. The number of nitro benzene ring substituents is 1. The number of nitrogens with zero attached hydrogens (tertiary/aromatic N) is 2. The maximum absolute atomic E-state index is 13.1. The third-order valence-corrected chi connectivity index (χ3v) is 5.06. The van der Waals surface area contributed by atoms with Crippen molar-refractivity contribution in [1.29, 1.82) is 5.26 Å². The first-order valence-corrected chi connectivity index (χ1v) is 9.55. The Morgan fingerprint density at radius 1 is 1.23 bits per heavy atom. The van der Waals surface area contributed by atoms with Gasteiger partial charge in [0.25, 0.3) is 5.69 Å². The monoisotopic (exact) mass is 431 g/mol. The molecule has 4 aromatic rings. The van der Waals surface area contributed by atoms with Crippen molar-refractivity contribution in [3.63, 3.8) is 0 Å². The number of ketones is 1. The third-order valence-electron chi connectivity index (χ3n) is 4.82. The SMILES string of the molecule is Cc1[nH]c2ccccc2c1C(=O)/C(C#N)=C/c1ccc(-c2ccc(Cl)cc2[N+](=O)[O-])o1. The van der Waals surface area contributed by atoms with Crippen LogP contribution in [0.5, 0.6) is 0 Å². The van der Waals surface area contributed by atoms with Crippen LogP contribution in [0.4, 0.5) is 5.69 Å². The van der Waals surface area contributed by atoms with Crippen molar-refractivity contribution in [3.8, 4) is 17.4 Å². The summed E-state index contributed by atoms with van der Waals surface area (Å²) < 4.78 is 5.68. The maximum atomic E-state index is 13.1. The Labute approximate surface area is 181 Å². The highest BCUT2D eigenvalue weighted by molar-refractivity contribution is 6.31. The number of nitriles is 1. The lowest BCUT2D eigenvalue weighted by atomic mass is 10.0. The minimum Gasteiger partial charge on any atom is -0.456 e. The van der Waals surface area contributed by atoms with Crippen LogP contribution in [0, 0.1) is 28.4 Å². The van der Waals surface area contributed by atoms with Crippen molar-refractivity contribution in [1.82, 2.24) is 4.98 Å². The van der Waals surface area contributed by atoms with Crippen LogP contribution in [-0.2, 0) is 0 Å². The molecule has 152 valence electrons. The number of H-pyrrole nitrogens is 1. The second kappa shape index (κ2) is 7.94. The summed E-state index contributed by atoms with van der Waals surface area (Å²) in [7, 11) is 0. The Balaban J connectivity index is 1.73. The zero-order valence-electron chi connectivity index (χ0n) is 16.2. The van der Waals surface area contributed by atoms with Gasteiger partial charge in [-0.25, -0.2) is 0 Å². The lowest BCUT2D eigenvalue weighted by Gasteiger charge is -2.01. The van der Waals surface area contributed by atoms with Crippen molar-refractivity contribution in [2.45, 2.75) is 6.92 Å². The molecule has 0 saturated carbocycles. The van der Waals surface area contributed by atoms with Crippen molar-refractivity contribution < 1.29 is 14.1 Å². The molecule has 0 amide bonds. The number of rotatable bonds is 5. The van der Waals surface area contributed by atoms with Gasteiger partial charge < -0.3 is 9.40 Å². The quantitative estimate of drug-likeness (QED) is 0.135. The zero-order valence-corrected chi connectivity index (χ0v) is 16.9. The molecule has 0 saturated heterocycles. The Bertz CT molecular complexity index is 1420. The van der Waals surface area contributed by atoms with Crippen LogP contribution in [0.3, 0.4) is 0 Å². The molecule has 4 rings (SSSR count). The van der Waals surface area contributed by atoms with Crippen LogP contribution in [0.1, 0.15) is 21.8 Å². The van der Waals surface area contributed by atoms with E-state index in [-0.39, 0.29) is 33.4 Å². The largest absolute Gasteiger partial charge is 0.456 e. The first-order valence-electron chi connectivity index (χ1n) is 9.17. The van der Waals surface area contributed by atoms with Gasteiger partial charge in [-0.3, -0.25) is 14.9 Å². The Morgan fingerprint density at radius 3 is 2.74 bits per heavy atom. The lowest BCUT2D eigenvalue weighted by Crippen LogP contribution is -2.03. The van der Waals surface area contributed by atoms with Crippen molar-refractivity contribution in [3.05, 3.63) is 92.3 Å². The van der Waals surface area contributed by atoms with Gasteiger partial charge in [0.1, 0.15) is 23.2 Å². The second-order valence-electron chi connectivity index (χ2n) is 6.79. The number of allylic oxidation sites excluding steroid dienone is 1. The molecule has 7 nitrogen and oxygen atoms in total. The van der Waals surface area contributed by atoms with Crippen LogP contribution in [0.15, 0.2) is 64.6 Å². The summed E-state index contributed by atoms with van der Waals surface area (Å²) in [6.07, 6.45) is 1.33. The molecule has 1 N–H and O–H groups in total. The van der Waals surface area contributed by atoms with Gasteiger partial charge in [0.15, 0.2) is 0 Å². The number of hydrogen-bond acceptors (Lipinski definition) is 5. The van der Waals surface area contributed by atoms with E-state index in [2.05, 4.69) is 4.98 Å². The molecule has 2 aromatic heterocycles. The van der Waals surface area contributed by atoms with Crippen molar-refractivity contribution in [2.24, 2.45) is 0 Å². The number of para-hydroxylation sites is 1. The number of nitro groups is 1. The van der Waals surface area contributed by atoms with E-state index in [9.17, 15) is 20.2 Å². The van der Waals surface area contributed by atoms with E-state index in [4.69, 9.17) is 16.0 Å². The molecule has 0 spiro atoms. The van der Waals surface area contributed by atoms with Crippen LogP contribution in [0.2, 0.25) is 5.02 Å². The predicted molar refractivity (Wildman–Crippen MR) is 117 cm³/mol. The smallest absolute Gasteiger partial charge is 0.281 e. The molecule has 0 atom stereocenters. The highest BCUT2D eigenvalue weighted by Gasteiger charge is 2.21. The molecular formula is C23H14ClN3O4. The molecule has 0 bridgehead atoms. The fourth-order valence-electron chi connectivity index (χ4n) is 3.43. The summed E-state index contributed by atoms with van der Waals surface area (Å²) in [6.45, 7) is 1.77. The fraction of sp³-hybridized carbons (Fsp3) is 0.0435. The first kappa shape index (κ1) is 20.1. The number of Topliss-reactive ketones (excluding diaryl/α,β-unsaturated/α-hetero) is 1. The van der Waals surface area contributed by atoms with Crippen LogP contribution >= 0.6 is 11.6 Å². The number of hydrogen-bond donors (Lipinski definition) is 1. The van der Waals surface area contributed by atoms with E-state index in [1.54, 1.807) is 19.1 Å². The van der Waals surface area contributed by atoms with E-state index < -0.39 is 10.7 Å². The summed E-state index contributed by atoms with van der Waals surface area (Å²) in [5.41, 5.74) is 1.80. The molecule has 8 heteroatoms. The molecule has 0 aliphatic heterocycles. The van der Waals surface area contributed by atoms with Crippen LogP contribution < -0.4 is 0 Å². The number of nitrogens with one attached hydrogen (secondary N) is 1. The average molecular weight is 432 g/mol. The van der Waals surface area contributed by atoms with E-state index in [1.807, 2.05) is 30.3 Å². The molecule has 0 unspecified atom stereocenters. The number of carbonyl (C=O) groups excluding carboxylic acids is 1. The average Bonchev–Trinajstić information content (AvgIpc) is 3.34. The normalized spacial score (nSPS) is 11.5. The van der Waals surface area contributed by atoms with Gasteiger partial charge in [-0.1, -0.05) is 29.8 Å². The number of aryl methyl sites for hydroxylation is 1. The number of aromatic nitrogens is 1. The number of aromatic amines is 1. The van der Waals surface area contributed by atoms with E-state index in [0.29, 0.717) is 11.3 Å². The van der Waals surface area contributed by atoms with Crippen LogP contribution in [0.25, 0.3) is 28.3 Å². The van der Waals surface area contributed by atoms with E-state index in [1.165, 1.54) is 24.3 Å². The number of benzene rings is 2. The summed E-state index contributed by atoms with van der Waals surface area (Å²) >= 11 is 5.86. The Morgan fingerprint density at radius 2 is 2.00 bits per heavy atom. The minimum absolute atomic E-state index is 0.112. The summed E-state index contributed by atoms with van der Waals surface area (Å²) in [6, 6.07) is 16.6. The van der Waals surface area contributed by atoms with E-state index in [0.717, 1.165) is 10.9 Å². The predicted octanol–water partition coefficient (Wildman–Crippen LogP) is 6.09. The molecule has 0 aliphatic carbocycles. The van der Waals surface area contributed by atoms with Gasteiger partial charge >= 0.3 is 0 Å². The van der Waals surface area contributed by atoms with Gasteiger partial charge in [0.05, 0.1) is 16.1 Å². The van der Waals surface area contributed by atoms with Gasteiger partial charge in [0.2, 0.25) is 5.78 Å². The molecule has 0 radical (unpaired) electrons. The maximum Gasteiger partial charge on any atom is 0.281 e. The summed E-state index contributed by atoms with van der Waals surface area (Å²) in [5.74, 6) is 0.0112. The molecule has 2 heterocycles. The molecule has 0 aliphatic rings. The van der Waals surface area contributed by atoms with Gasteiger partial charge in [0, 0.05) is 33.8 Å². The number of halogens is 1. The molecular weight excluding hydrogens is 418 g/mol. The first-order chi connectivity index (χ1) is 14.9. The number of furan rings is 1. The van der Waals surface area contributed by atoms with Gasteiger partial charge in [-0.05, 0) is 37.3 Å². The summed E-state index contributed by atoms with van der Waals surface area (Å²) in [5, 5.41) is 21.9. The topological polar surface area (TPSA) is 113 Å². The number of carbonyl (C=O) groups is 1. The Hall–Kier alpha value is -4.15. The second-order valence-corrected chi connectivity index (χ2v) is 7.23. The minimum atomic E-state index is -0.552. The highest BCUT2D eigenvalue weighted by Crippen LogP contribution is 2.34. The number of fused-ring (bicyclic) bond motifs is 1. The van der Waals surface area contributed by atoms with Gasteiger partial charge in [-0.15, -0.1) is 0 Å². The Kier molecular flexibility index (Phi) is 5.15. The third kappa shape index (κ3) is 3.72. The van der Waals surface area contributed by atoms with Crippen molar-refractivity contribution in [2.75, 3.05) is 0 Å².